The van der Waals surface area contributed by atoms with Gasteiger partial charge >= 0.3 is 0 Å². The lowest BCUT2D eigenvalue weighted by Gasteiger charge is -2.16. The van der Waals surface area contributed by atoms with Crippen molar-refractivity contribution in [3.63, 3.8) is 0 Å². The van der Waals surface area contributed by atoms with Gasteiger partial charge in [0, 0.05) is 19.3 Å². The fourth-order valence-corrected chi connectivity index (χ4v) is 3.00. The monoisotopic (exact) mass is 258 g/mol. The van der Waals surface area contributed by atoms with E-state index in [0.29, 0.717) is 5.41 Å². The Balaban J connectivity index is 1.68. The van der Waals surface area contributed by atoms with E-state index in [1.807, 2.05) is 32.2 Å². The second-order valence-electron chi connectivity index (χ2n) is 6.12. The van der Waals surface area contributed by atoms with Crippen LogP contribution < -0.4 is 10.6 Å². The Morgan fingerprint density at radius 2 is 2.11 bits per heavy atom. The highest BCUT2D eigenvalue weighted by molar-refractivity contribution is 5.99. The molecular formula is C16H22N2O. The molecule has 3 rings (SSSR count). The molecule has 1 aromatic carbocycles. The van der Waals surface area contributed by atoms with Gasteiger partial charge in [0.05, 0.1) is 5.56 Å². The molecule has 2 fully saturated rings. The fourth-order valence-electron chi connectivity index (χ4n) is 3.00. The lowest BCUT2D eigenvalue weighted by atomic mass is 10.0. The average Bonchev–Trinajstić information content (AvgIpc) is 3.28. The van der Waals surface area contributed by atoms with Crippen LogP contribution in [-0.4, -0.2) is 19.5 Å². The van der Waals surface area contributed by atoms with Gasteiger partial charge in [0.1, 0.15) is 0 Å². The molecule has 2 saturated carbocycles. The van der Waals surface area contributed by atoms with Crippen molar-refractivity contribution in [2.24, 2.45) is 11.3 Å². The molecule has 1 amide bonds. The Kier molecular flexibility index (Phi) is 3.00. The van der Waals surface area contributed by atoms with E-state index in [4.69, 9.17) is 0 Å². The largest absolute Gasteiger partial charge is 0.387 e. The molecule has 2 aliphatic rings. The van der Waals surface area contributed by atoms with E-state index >= 15 is 0 Å². The van der Waals surface area contributed by atoms with Crippen LogP contribution in [0.1, 0.15) is 41.6 Å². The SMILES string of the molecule is CNc1ccc(C)cc1C(=O)NCC1(C2CC2)CC1. The van der Waals surface area contributed by atoms with Crippen LogP contribution >= 0.6 is 0 Å². The van der Waals surface area contributed by atoms with E-state index in [0.717, 1.165) is 29.3 Å². The van der Waals surface area contributed by atoms with Gasteiger partial charge in [-0.2, -0.15) is 0 Å². The van der Waals surface area contributed by atoms with Gasteiger partial charge in [-0.1, -0.05) is 11.6 Å². The van der Waals surface area contributed by atoms with Gasteiger partial charge in [-0.3, -0.25) is 4.79 Å². The van der Waals surface area contributed by atoms with Crippen molar-refractivity contribution in [3.8, 4) is 0 Å². The summed E-state index contributed by atoms with van der Waals surface area (Å²) in [5, 5.41) is 6.24. The quantitative estimate of drug-likeness (QED) is 0.852. The number of aryl methyl sites for hydroxylation is 1. The number of nitrogens with one attached hydrogen (secondary N) is 2. The molecule has 2 aliphatic carbocycles. The highest BCUT2D eigenvalue weighted by atomic mass is 16.1. The van der Waals surface area contributed by atoms with E-state index in [1.165, 1.54) is 25.7 Å². The first-order chi connectivity index (χ1) is 9.14. The maximum atomic E-state index is 12.3. The number of carbonyl (C=O) groups is 1. The van der Waals surface area contributed by atoms with Crippen LogP contribution in [-0.2, 0) is 0 Å². The summed E-state index contributed by atoms with van der Waals surface area (Å²) in [7, 11) is 1.86. The van der Waals surface area contributed by atoms with E-state index in [9.17, 15) is 4.79 Å². The summed E-state index contributed by atoms with van der Waals surface area (Å²) < 4.78 is 0. The number of rotatable bonds is 5. The maximum absolute atomic E-state index is 12.3. The van der Waals surface area contributed by atoms with Crippen molar-refractivity contribution < 1.29 is 4.79 Å². The highest BCUT2D eigenvalue weighted by Gasteiger charge is 2.53. The molecule has 19 heavy (non-hydrogen) atoms. The Hall–Kier alpha value is -1.51. The standard InChI is InChI=1S/C16H22N2O/c1-11-3-6-14(17-2)13(9-11)15(19)18-10-16(7-8-16)12-4-5-12/h3,6,9,12,17H,4-5,7-8,10H2,1-2H3,(H,18,19). The Labute approximate surface area is 114 Å². The third-order valence-corrected chi connectivity index (χ3v) is 4.63. The number of amides is 1. The summed E-state index contributed by atoms with van der Waals surface area (Å²) in [5.41, 5.74) is 3.24. The molecule has 0 atom stereocenters. The minimum atomic E-state index is 0.0555. The lowest BCUT2D eigenvalue weighted by molar-refractivity contribution is 0.0943. The van der Waals surface area contributed by atoms with Gasteiger partial charge < -0.3 is 10.6 Å². The topological polar surface area (TPSA) is 41.1 Å². The molecule has 102 valence electrons. The zero-order valence-corrected chi connectivity index (χ0v) is 11.8. The minimum Gasteiger partial charge on any atom is -0.387 e. The Morgan fingerprint density at radius 1 is 1.37 bits per heavy atom. The molecule has 0 spiro atoms. The Morgan fingerprint density at radius 3 is 2.68 bits per heavy atom. The number of hydrogen-bond donors (Lipinski definition) is 2. The van der Waals surface area contributed by atoms with Crippen molar-refractivity contribution in [1.82, 2.24) is 5.32 Å². The second kappa shape index (κ2) is 4.55. The summed E-state index contributed by atoms with van der Waals surface area (Å²) in [4.78, 5) is 12.3. The summed E-state index contributed by atoms with van der Waals surface area (Å²) in [6.45, 7) is 2.87. The number of anilines is 1. The number of hydrogen-bond acceptors (Lipinski definition) is 2. The molecule has 0 aliphatic heterocycles. The molecule has 3 nitrogen and oxygen atoms in total. The normalized spacial score (nSPS) is 19.9. The lowest BCUT2D eigenvalue weighted by Crippen LogP contribution is -2.31. The third kappa shape index (κ3) is 2.46. The minimum absolute atomic E-state index is 0.0555. The second-order valence-corrected chi connectivity index (χ2v) is 6.12. The predicted octanol–water partition coefficient (Wildman–Crippen LogP) is 2.96. The van der Waals surface area contributed by atoms with Crippen molar-refractivity contribution in [2.45, 2.75) is 32.6 Å². The van der Waals surface area contributed by atoms with Crippen molar-refractivity contribution in [1.29, 1.82) is 0 Å². The molecule has 0 radical (unpaired) electrons. The number of carbonyl (C=O) groups excluding carboxylic acids is 1. The van der Waals surface area contributed by atoms with Crippen molar-refractivity contribution in [3.05, 3.63) is 29.3 Å². The molecule has 0 unspecified atom stereocenters. The summed E-state index contributed by atoms with van der Waals surface area (Å²) in [6.07, 6.45) is 5.32. The predicted molar refractivity (Wildman–Crippen MR) is 77.4 cm³/mol. The van der Waals surface area contributed by atoms with Gasteiger partial charge in [-0.05, 0) is 56.1 Å². The molecular weight excluding hydrogens is 236 g/mol. The van der Waals surface area contributed by atoms with Gasteiger partial charge in [-0.15, -0.1) is 0 Å². The molecule has 1 aromatic rings. The summed E-state index contributed by atoms with van der Waals surface area (Å²) in [6, 6.07) is 5.95. The molecule has 2 N–H and O–H groups in total. The van der Waals surface area contributed by atoms with E-state index < -0.39 is 0 Å². The van der Waals surface area contributed by atoms with Crippen molar-refractivity contribution >= 4 is 11.6 Å². The Bertz CT molecular complexity index is 501. The van der Waals surface area contributed by atoms with E-state index in [-0.39, 0.29) is 5.91 Å². The third-order valence-electron chi connectivity index (χ3n) is 4.63. The highest BCUT2D eigenvalue weighted by Crippen LogP contribution is 2.60. The molecule has 0 heterocycles. The first-order valence-corrected chi connectivity index (χ1v) is 7.21. The van der Waals surface area contributed by atoms with Crippen LogP contribution in [0.25, 0.3) is 0 Å². The van der Waals surface area contributed by atoms with Gasteiger partial charge in [0.2, 0.25) is 0 Å². The van der Waals surface area contributed by atoms with E-state index in [1.54, 1.807) is 0 Å². The summed E-state index contributed by atoms with van der Waals surface area (Å²) >= 11 is 0. The smallest absolute Gasteiger partial charge is 0.253 e. The molecule has 0 aromatic heterocycles. The van der Waals surface area contributed by atoms with Crippen LogP contribution in [0.15, 0.2) is 18.2 Å². The van der Waals surface area contributed by atoms with Crippen LogP contribution in [0.4, 0.5) is 5.69 Å². The van der Waals surface area contributed by atoms with Crippen molar-refractivity contribution in [2.75, 3.05) is 18.9 Å². The van der Waals surface area contributed by atoms with Gasteiger partial charge in [0.25, 0.3) is 5.91 Å². The summed E-state index contributed by atoms with van der Waals surface area (Å²) in [5.74, 6) is 0.939. The molecule has 0 bridgehead atoms. The zero-order chi connectivity index (χ0) is 13.5. The number of benzene rings is 1. The van der Waals surface area contributed by atoms with Gasteiger partial charge in [-0.25, -0.2) is 0 Å². The maximum Gasteiger partial charge on any atom is 0.253 e. The average molecular weight is 258 g/mol. The zero-order valence-electron chi connectivity index (χ0n) is 11.8. The fraction of sp³-hybridized carbons (Fsp3) is 0.562. The van der Waals surface area contributed by atoms with Crippen LogP contribution in [0.2, 0.25) is 0 Å². The van der Waals surface area contributed by atoms with E-state index in [2.05, 4.69) is 10.6 Å². The first-order valence-electron chi connectivity index (χ1n) is 7.21. The van der Waals surface area contributed by atoms with Crippen LogP contribution in [0.5, 0.6) is 0 Å². The van der Waals surface area contributed by atoms with Crippen LogP contribution in [0, 0.1) is 18.3 Å². The molecule has 3 heteroatoms. The van der Waals surface area contributed by atoms with Gasteiger partial charge in [0.15, 0.2) is 0 Å². The van der Waals surface area contributed by atoms with Crippen LogP contribution in [0.3, 0.4) is 0 Å². The molecule has 0 saturated heterocycles. The first kappa shape index (κ1) is 12.5.